The molecular formula is C30H30N2O2. The molecule has 0 unspecified atom stereocenters. The summed E-state index contributed by atoms with van der Waals surface area (Å²) in [4.78, 5) is 14.7. The molecule has 0 saturated heterocycles. The van der Waals surface area contributed by atoms with Crippen LogP contribution in [0.2, 0.25) is 0 Å². The van der Waals surface area contributed by atoms with Crippen LogP contribution in [0.5, 0.6) is 5.75 Å². The number of carbonyl (C=O) groups excluding carboxylic acids is 1. The van der Waals surface area contributed by atoms with Gasteiger partial charge in [0.2, 0.25) is 0 Å². The summed E-state index contributed by atoms with van der Waals surface area (Å²) in [6.07, 6.45) is 4.16. The molecule has 172 valence electrons. The van der Waals surface area contributed by atoms with Crippen LogP contribution in [0.3, 0.4) is 0 Å². The third-order valence-electron chi connectivity index (χ3n) is 6.59. The van der Waals surface area contributed by atoms with Gasteiger partial charge in [-0.1, -0.05) is 62.4 Å². The fraction of sp³-hybridized carbons (Fsp3) is 0.233. The van der Waals surface area contributed by atoms with Gasteiger partial charge in [0.25, 0.3) is 5.91 Å². The van der Waals surface area contributed by atoms with Crippen LogP contribution in [0.25, 0.3) is 22.6 Å². The van der Waals surface area contributed by atoms with Gasteiger partial charge < -0.3 is 14.2 Å². The molecular weight excluding hydrogens is 420 g/mol. The highest BCUT2D eigenvalue weighted by Crippen LogP contribution is 2.37. The Labute approximate surface area is 201 Å². The highest BCUT2D eigenvalue weighted by atomic mass is 16.5. The van der Waals surface area contributed by atoms with Crippen LogP contribution >= 0.6 is 0 Å². The molecule has 2 heterocycles. The van der Waals surface area contributed by atoms with Gasteiger partial charge in [-0.2, -0.15) is 0 Å². The molecule has 4 heteroatoms. The highest BCUT2D eigenvalue weighted by molar-refractivity contribution is 6.36. The van der Waals surface area contributed by atoms with E-state index in [1.807, 2.05) is 43.5 Å². The number of likely N-dealkylation sites (N-methyl/N-ethyl adjacent to an activating group) is 1. The summed E-state index contributed by atoms with van der Waals surface area (Å²) in [6.45, 7) is 7.77. The molecule has 3 aromatic carbocycles. The summed E-state index contributed by atoms with van der Waals surface area (Å²) in [5, 5.41) is 1.13. The number of nitrogens with zero attached hydrogens (tertiary/aromatic N) is 2. The molecule has 4 nitrogen and oxygen atoms in total. The average molecular weight is 451 g/mol. The molecule has 34 heavy (non-hydrogen) atoms. The molecule has 0 radical (unpaired) electrons. The van der Waals surface area contributed by atoms with E-state index in [0.29, 0.717) is 12.5 Å². The molecule has 0 atom stereocenters. The van der Waals surface area contributed by atoms with Crippen LogP contribution in [0.1, 0.15) is 42.0 Å². The Bertz CT molecular complexity index is 1410. The van der Waals surface area contributed by atoms with Crippen molar-refractivity contribution in [1.29, 1.82) is 0 Å². The number of aromatic nitrogens is 1. The molecule has 0 fully saturated rings. The van der Waals surface area contributed by atoms with E-state index >= 15 is 0 Å². The van der Waals surface area contributed by atoms with Crippen LogP contribution in [0.4, 0.5) is 5.69 Å². The van der Waals surface area contributed by atoms with E-state index in [2.05, 4.69) is 67.9 Å². The number of hydrogen-bond donors (Lipinski definition) is 0. The normalized spacial score (nSPS) is 14.4. The van der Waals surface area contributed by atoms with E-state index in [9.17, 15) is 4.79 Å². The van der Waals surface area contributed by atoms with E-state index in [-0.39, 0.29) is 5.91 Å². The molecule has 1 aliphatic heterocycles. The van der Waals surface area contributed by atoms with Crippen molar-refractivity contribution in [1.82, 2.24) is 4.57 Å². The fourth-order valence-electron chi connectivity index (χ4n) is 4.77. The van der Waals surface area contributed by atoms with Crippen molar-refractivity contribution in [2.75, 3.05) is 18.6 Å². The number of anilines is 1. The number of benzene rings is 3. The Morgan fingerprint density at radius 3 is 2.59 bits per heavy atom. The molecule has 0 aliphatic carbocycles. The van der Waals surface area contributed by atoms with Crippen molar-refractivity contribution < 1.29 is 9.53 Å². The molecule has 0 N–H and O–H groups in total. The summed E-state index contributed by atoms with van der Waals surface area (Å²) in [6, 6.07) is 22.7. The Morgan fingerprint density at radius 2 is 1.76 bits per heavy atom. The summed E-state index contributed by atoms with van der Waals surface area (Å²) in [7, 11) is 1.83. The van der Waals surface area contributed by atoms with Gasteiger partial charge in [0, 0.05) is 40.8 Å². The van der Waals surface area contributed by atoms with Gasteiger partial charge in [0.1, 0.15) is 12.4 Å². The smallest absolute Gasteiger partial charge is 0.258 e. The topological polar surface area (TPSA) is 34.5 Å². The lowest BCUT2D eigenvalue weighted by atomic mass is 10.0. The highest BCUT2D eigenvalue weighted by Gasteiger charge is 2.29. The van der Waals surface area contributed by atoms with Gasteiger partial charge in [-0.25, -0.2) is 0 Å². The number of amides is 1. The first-order valence-electron chi connectivity index (χ1n) is 11.8. The average Bonchev–Trinajstić information content (AvgIpc) is 3.30. The Balaban J connectivity index is 1.45. The van der Waals surface area contributed by atoms with Crippen LogP contribution < -0.4 is 9.64 Å². The van der Waals surface area contributed by atoms with E-state index in [1.165, 1.54) is 11.1 Å². The molecule has 4 aromatic rings. The monoisotopic (exact) mass is 450 g/mol. The lowest BCUT2D eigenvalue weighted by molar-refractivity contribution is -0.112. The first-order chi connectivity index (χ1) is 16.4. The second kappa shape index (κ2) is 8.86. The molecule has 1 amide bonds. The number of carbonyl (C=O) groups is 1. The van der Waals surface area contributed by atoms with Gasteiger partial charge in [-0.15, -0.1) is 0 Å². The summed E-state index contributed by atoms with van der Waals surface area (Å²) < 4.78 is 8.48. The second-order valence-electron chi connectivity index (χ2n) is 9.28. The minimum atomic E-state index is 0.0297. The largest absolute Gasteiger partial charge is 0.491 e. The predicted octanol–water partition coefficient (Wildman–Crippen LogP) is 6.67. The zero-order chi connectivity index (χ0) is 23.8. The quantitative estimate of drug-likeness (QED) is 0.308. The van der Waals surface area contributed by atoms with Crippen molar-refractivity contribution in [3.63, 3.8) is 0 Å². The number of rotatable bonds is 6. The first kappa shape index (κ1) is 22.0. The first-order valence-corrected chi connectivity index (χ1v) is 11.8. The predicted molar refractivity (Wildman–Crippen MR) is 140 cm³/mol. The maximum Gasteiger partial charge on any atom is 0.258 e. The van der Waals surface area contributed by atoms with Gasteiger partial charge in [0.05, 0.1) is 12.2 Å². The van der Waals surface area contributed by atoms with E-state index in [1.54, 1.807) is 4.90 Å². The fourth-order valence-corrected chi connectivity index (χ4v) is 4.77. The van der Waals surface area contributed by atoms with E-state index in [0.717, 1.165) is 45.6 Å². The Hall–Kier alpha value is -3.79. The van der Waals surface area contributed by atoms with Crippen LogP contribution in [-0.2, 0) is 11.3 Å². The third-order valence-corrected chi connectivity index (χ3v) is 6.59. The number of ether oxygens (including phenoxy) is 1. The molecule has 0 spiro atoms. The minimum absolute atomic E-state index is 0.0297. The van der Waals surface area contributed by atoms with Gasteiger partial charge >= 0.3 is 0 Å². The van der Waals surface area contributed by atoms with Gasteiger partial charge in [-0.05, 0) is 48.2 Å². The second-order valence-corrected chi connectivity index (χ2v) is 9.28. The zero-order valence-corrected chi connectivity index (χ0v) is 20.2. The molecule has 5 rings (SSSR count). The van der Waals surface area contributed by atoms with Crippen molar-refractivity contribution in [3.05, 3.63) is 95.2 Å². The van der Waals surface area contributed by atoms with Crippen LogP contribution in [-0.4, -0.2) is 24.1 Å². The van der Waals surface area contributed by atoms with Crippen molar-refractivity contribution in [2.45, 2.75) is 33.2 Å². The van der Waals surface area contributed by atoms with Gasteiger partial charge in [0.15, 0.2) is 0 Å². The lowest BCUT2D eigenvalue weighted by Gasteiger charge is -2.15. The molecule has 0 bridgehead atoms. The number of hydrogen-bond acceptors (Lipinski definition) is 2. The van der Waals surface area contributed by atoms with E-state index in [4.69, 9.17) is 4.74 Å². The third kappa shape index (κ3) is 3.90. The number of fused-ring (bicyclic) bond motifs is 2. The molecule has 1 aliphatic rings. The van der Waals surface area contributed by atoms with E-state index < -0.39 is 0 Å². The standard InChI is InChI=1S/C30H30N2O2/c1-20(2)23-14-13-21(3)17-29(23)34-16-15-32-19-22(24-9-5-8-12-28(24)32)18-26-25-10-6-7-11-27(25)31(4)30(26)33/h5-14,17-20H,15-16H2,1-4H3/b26-18+. The number of para-hydroxylation sites is 2. The molecule has 0 saturated carbocycles. The Kier molecular flexibility index (Phi) is 5.74. The SMILES string of the molecule is Cc1ccc(C(C)C)c(OCCn2cc(/C=C3/C(=O)N(C)c4ccccc43)c3ccccc32)c1. The molecule has 1 aromatic heterocycles. The zero-order valence-electron chi connectivity index (χ0n) is 20.2. The maximum absolute atomic E-state index is 13.0. The van der Waals surface area contributed by atoms with Gasteiger partial charge in [-0.3, -0.25) is 4.79 Å². The van der Waals surface area contributed by atoms with Crippen molar-refractivity contribution in [2.24, 2.45) is 0 Å². The maximum atomic E-state index is 13.0. The minimum Gasteiger partial charge on any atom is -0.491 e. The summed E-state index contributed by atoms with van der Waals surface area (Å²) in [5.74, 6) is 1.40. The van der Waals surface area contributed by atoms with Crippen molar-refractivity contribution in [3.8, 4) is 5.75 Å². The summed E-state index contributed by atoms with van der Waals surface area (Å²) in [5.41, 5.74) is 7.28. The number of aryl methyl sites for hydroxylation is 1. The van der Waals surface area contributed by atoms with Crippen LogP contribution in [0, 0.1) is 6.92 Å². The van der Waals surface area contributed by atoms with Crippen LogP contribution in [0.15, 0.2) is 72.9 Å². The van der Waals surface area contributed by atoms with Crippen molar-refractivity contribution >= 4 is 34.1 Å². The lowest BCUT2D eigenvalue weighted by Crippen LogP contribution is -2.20. The summed E-state index contributed by atoms with van der Waals surface area (Å²) >= 11 is 0. The Morgan fingerprint density at radius 1 is 1.00 bits per heavy atom.